The molecule has 0 aromatic heterocycles. The van der Waals surface area contributed by atoms with Gasteiger partial charge in [0, 0.05) is 6.54 Å². The van der Waals surface area contributed by atoms with Gasteiger partial charge in [-0.3, -0.25) is 4.90 Å². The Morgan fingerprint density at radius 3 is 2.61 bits per heavy atom. The third-order valence-corrected chi connectivity index (χ3v) is 4.26. The molecule has 0 bridgehead atoms. The highest BCUT2D eigenvalue weighted by Gasteiger charge is 2.18. The van der Waals surface area contributed by atoms with E-state index in [-0.39, 0.29) is 0 Å². The largest absolute Gasteiger partial charge is 0.432 e. The maximum atomic E-state index is 5.94. The molecule has 3 aromatic rings. The van der Waals surface area contributed by atoms with Crippen molar-refractivity contribution in [2.45, 2.75) is 0 Å². The van der Waals surface area contributed by atoms with Gasteiger partial charge in [-0.1, -0.05) is 60.7 Å². The first-order valence-electron chi connectivity index (χ1n) is 7.55. The summed E-state index contributed by atoms with van der Waals surface area (Å²) in [4.78, 5) is 2.01. The molecule has 1 aliphatic rings. The average Bonchev–Trinajstić information content (AvgIpc) is 2.61. The zero-order valence-corrected chi connectivity index (χ0v) is 13.3. The second kappa shape index (κ2) is 5.86. The minimum atomic E-state index is 0.470. The van der Waals surface area contributed by atoms with Crippen molar-refractivity contribution < 1.29 is 4.74 Å². The molecule has 2 nitrogen and oxygen atoms in total. The summed E-state index contributed by atoms with van der Waals surface area (Å²) in [6.45, 7) is 0.726. The molecule has 3 heteroatoms. The molecule has 0 amide bonds. The Morgan fingerprint density at radius 2 is 1.70 bits per heavy atom. The van der Waals surface area contributed by atoms with Crippen molar-refractivity contribution >= 4 is 39.9 Å². The van der Waals surface area contributed by atoms with Crippen LogP contribution in [0.25, 0.3) is 16.8 Å². The standard InChI is InChI=1S/C20H15NOS/c23-20(21-13-5-9-16-7-3-4-10-19(16)21)22-18-12-11-15-6-1-2-8-17(15)14-18/h1-12,14H,13H2. The maximum Gasteiger partial charge on any atom is 0.269 e. The molecule has 0 N–H and O–H groups in total. The highest BCUT2D eigenvalue weighted by atomic mass is 32.1. The van der Waals surface area contributed by atoms with Crippen LogP contribution < -0.4 is 9.64 Å². The van der Waals surface area contributed by atoms with Gasteiger partial charge < -0.3 is 4.74 Å². The molecule has 0 radical (unpaired) electrons. The Balaban J connectivity index is 1.61. The van der Waals surface area contributed by atoms with Gasteiger partial charge in [-0.25, -0.2) is 0 Å². The van der Waals surface area contributed by atoms with E-state index in [0.717, 1.165) is 28.9 Å². The van der Waals surface area contributed by atoms with Gasteiger partial charge in [0.1, 0.15) is 5.75 Å². The zero-order chi connectivity index (χ0) is 15.6. The highest BCUT2D eigenvalue weighted by molar-refractivity contribution is 7.80. The van der Waals surface area contributed by atoms with E-state index in [1.54, 1.807) is 0 Å². The van der Waals surface area contributed by atoms with Gasteiger partial charge in [0.05, 0.1) is 5.69 Å². The number of ether oxygens (including phenoxy) is 1. The number of anilines is 1. The molecule has 0 saturated heterocycles. The van der Waals surface area contributed by atoms with Crippen molar-refractivity contribution in [3.05, 3.63) is 78.4 Å². The van der Waals surface area contributed by atoms with Crippen molar-refractivity contribution in [2.24, 2.45) is 0 Å². The topological polar surface area (TPSA) is 12.5 Å². The summed E-state index contributed by atoms with van der Waals surface area (Å²) in [6.07, 6.45) is 4.21. The molecule has 3 aromatic carbocycles. The third-order valence-electron chi connectivity index (χ3n) is 3.96. The Labute approximate surface area is 140 Å². The van der Waals surface area contributed by atoms with E-state index in [1.165, 1.54) is 5.39 Å². The molecule has 1 aliphatic heterocycles. The minimum absolute atomic E-state index is 0.470. The molecule has 0 spiro atoms. The predicted molar refractivity (Wildman–Crippen MR) is 100.0 cm³/mol. The minimum Gasteiger partial charge on any atom is -0.432 e. The lowest BCUT2D eigenvalue weighted by atomic mass is 10.1. The summed E-state index contributed by atoms with van der Waals surface area (Å²) < 4.78 is 5.94. The van der Waals surface area contributed by atoms with Crippen LogP contribution in [-0.2, 0) is 0 Å². The first kappa shape index (κ1) is 14.0. The van der Waals surface area contributed by atoms with Gasteiger partial charge in [-0.2, -0.15) is 0 Å². The number of nitrogens with zero attached hydrogens (tertiary/aromatic N) is 1. The maximum absolute atomic E-state index is 5.94. The first-order valence-corrected chi connectivity index (χ1v) is 7.96. The van der Waals surface area contributed by atoms with Crippen LogP contribution in [0.15, 0.2) is 72.8 Å². The zero-order valence-electron chi connectivity index (χ0n) is 12.5. The highest BCUT2D eigenvalue weighted by Crippen LogP contribution is 2.27. The quantitative estimate of drug-likeness (QED) is 0.584. The van der Waals surface area contributed by atoms with Crippen molar-refractivity contribution in [3.8, 4) is 5.75 Å². The molecule has 112 valence electrons. The van der Waals surface area contributed by atoms with Gasteiger partial charge in [0.15, 0.2) is 0 Å². The summed E-state index contributed by atoms with van der Waals surface area (Å²) in [6, 6.07) is 22.4. The van der Waals surface area contributed by atoms with Crippen molar-refractivity contribution in [3.63, 3.8) is 0 Å². The first-order chi connectivity index (χ1) is 11.3. The van der Waals surface area contributed by atoms with Crippen LogP contribution in [-0.4, -0.2) is 11.7 Å². The molecule has 0 unspecified atom stereocenters. The van der Waals surface area contributed by atoms with Gasteiger partial charge in [-0.05, 0) is 46.8 Å². The lowest BCUT2D eigenvalue weighted by molar-refractivity contribution is 0.550. The molecule has 0 fully saturated rings. The van der Waals surface area contributed by atoms with Crippen LogP contribution in [0.2, 0.25) is 0 Å². The Hall–Kier alpha value is -2.65. The third kappa shape index (κ3) is 2.71. The Bertz CT molecular complexity index is 916. The van der Waals surface area contributed by atoms with E-state index >= 15 is 0 Å². The number of rotatable bonds is 1. The number of para-hydroxylation sites is 1. The van der Waals surface area contributed by atoms with Crippen LogP contribution in [0, 0.1) is 0 Å². The van der Waals surface area contributed by atoms with E-state index in [9.17, 15) is 0 Å². The normalized spacial score (nSPS) is 13.0. The van der Waals surface area contributed by atoms with Crippen LogP contribution in [0.5, 0.6) is 5.75 Å². The van der Waals surface area contributed by atoms with E-state index in [2.05, 4.69) is 42.5 Å². The molecule has 23 heavy (non-hydrogen) atoms. The smallest absolute Gasteiger partial charge is 0.269 e. The molecule has 1 heterocycles. The molecule has 0 atom stereocenters. The van der Waals surface area contributed by atoms with Gasteiger partial charge >= 0.3 is 0 Å². The summed E-state index contributed by atoms with van der Waals surface area (Å²) in [7, 11) is 0. The van der Waals surface area contributed by atoms with Crippen LogP contribution in [0.1, 0.15) is 5.56 Å². The number of thiocarbonyl (C=S) groups is 1. The Morgan fingerprint density at radius 1 is 0.913 bits per heavy atom. The van der Waals surface area contributed by atoms with Gasteiger partial charge in [0.2, 0.25) is 0 Å². The average molecular weight is 317 g/mol. The summed E-state index contributed by atoms with van der Waals surface area (Å²) in [5.41, 5.74) is 2.24. The van der Waals surface area contributed by atoms with Crippen molar-refractivity contribution in [1.82, 2.24) is 0 Å². The molecule has 4 rings (SSSR count). The second-order valence-electron chi connectivity index (χ2n) is 5.45. The molecular weight excluding hydrogens is 302 g/mol. The SMILES string of the molecule is S=C(Oc1ccc2ccccc2c1)N1CC=Cc2ccccc21. The van der Waals surface area contributed by atoms with E-state index in [1.807, 2.05) is 41.3 Å². The fourth-order valence-electron chi connectivity index (χ4n) is 2.82. The van der Waals surface area contributed by atoms with Crippen LogP contribution in [0.3, 0.4) is 0 Å². The number of hydrogen-bond donors (Lipinski definition) is 0. The van der Waals surface area contributed by atoms with E-state index in [0.29, 0.717) is 5.17 Å². The van der Waals surface area contributed by atoms with Gasteiger partial charge in [-0.15, -0.1) is 0 Å². The van der Waals surface area contributed by atoms with Crippen molar-refractivity contribution in [2.75, 3.05) is 11.4 Å². The fourth-order valence-corrected chi connectivity index (χ4v) is 3.09. The van der Waals surface area contributed by atoms with Gasteiger partial charge in [0.25, 0.3) is 5.17 Å². The van der Waals surface area contributed by atoms with Crippen LogP contribution in [0.4, 0.5) is 5.69 Å². The molecule has 0 aliphatic carbocycles. The number of fused-ring (bicyclic) bond motifs is 2. The lowest BCUT2D eigenvalue weighted by Crippen LogP contribution is -2.35. The van der Waals surface area contributed by atoms with Crippen LogP contribution >= 0.6 is 12.2 Å². The lowest BCUT2D eigenvalue weighted by Gasteiger charge is -2.27. The number of hydrogen-bond acceptors (Lipinski definition) is 2. The number of benzene rings is 3. The summed E-state index contributed by atoms with van der Waals surface area (Å²) >= 11 is 5.52. The molecule has 0 saturated carbocycles. The fraction of sp³-hybridized carbons (Fsp3) is 0.0500. The molecular formula is C20H15NOS. The monoisotopic (exact) mass is 317 g/mol. The van der Waals surface area contributed by atoms with Crippen molar-refractivity contribution in [1.29, 1.82) is 0 Å². The second-order valence-corrected chi connectivity index (χ2v) is 5.80. The summed E-state index contributed by atoms with van der Waals surface area (Å²) in [5.74, 6) is 0.765. The van der Waals surface area contributed by atoms with E-state index in [4.69, 9.17) is 17.0 Å². The predicted octanol–water partition coefficient (Wildman–Crippen LogP) is 5.04. The Kier molecular flexibility index (Phi) is 3.56. The van der Waals surface area contributed by atoms with E-state index < -0.39 is 0 Å². The summed E-state index contributed by atoms with van der Waals surface area (Å²) in [5, 5.41) is 2.81.